The van der Waals surface area contributed by atoms with Crippen molar-refractivity contribution in [3.63, 3.8) is 0 Å². The van der Waals surface area contributed by atoms with Gasteiger partial charge in [0.1, 0.15) is 6.61 Å². The second-order valence-corrected chi connectivity index (χ2v) is 4.89. The maximum Gasteiger partial charge on any atom is 0.522 e. The summed E-state index contributed by atoms with van der Waals surface area (Å²) in [7, 11) is 1.47. The fraction of sp³-hybridized carbons (Fsp3) is 0.538. The summed E-state index contributed by atoms with van der Waals surface area (Å²) in [5, 5.41) is 3.17. The molecule has 0 fully saturated rings. The van der Waals surface area contributed by atoms with Gasteiger partial charge in [0.15, 0.2) is 11.5 Å². The number of nitrogens with one attached hydrogen (secondary N) is 1. The molecular formula is C13H17BrF3NO3. The first-order valence-electron chi connectivity index (χ1n) is 6.28. The predicted molar refractivity (Wildman–Crippen MR) is 75.6 cm³/mol. The van der Waals surface area contributed by atoms with Crippen LogP contribution in [0.15, 0.2) is 16.6 Å². The van der Waals surface area contributed by atoms with Gasteiger partial charge in [-0.3, -0.25) is 4.74 Å². The van der Waals surface area contributed by atoms with Crippen LogP contribution in [0.2, 0.25) is 0 Å². The van der Waals surface area contributed by atoms with Crippen molar-refractivity contribution in [3.05, 3.63) is 22.2 Å². The van der Waals surface area contributed by atoms with E-state index in [4.69, 9.17) is 9.47 Å². The Morgan fingerprint density at radius 3 is 2.52 bits per heavy atom. The monoisotopic (exact) mass is 371 g/mol. The Balaban J connectivity index is 2.68. The number of hydrogen-bond donors (Lipinski definition) is 1. The zero-order valence-electron chi connectivity index (χ0n) is 11.7. The van der Waals surface area contributed by atoms with E-state index < -0.39 is 13.0 Å². The van der Waals surface area contributed by atoms with Gasteiger partial charge in [-0.2, -0.15) is 0 Å². The van der Waals surface area contributed by atoms with Crippen LogP contribution in [0.4, 0.5) is 13.2 Å². The fourth-order valence-corrected chi connectivity index (χ4v) is 2.19. The largest absolute Gasteiger partial charge is 0.522 e. The predicted octanol–water partition coefficient (Wildman–Crippen LogP) is 3.48. The second-order valence-electron chi connectivity index (χ2n) is 4.03. The number of rotatable bonds is 8. The van der Waals surface area contributed by atoms with Crippen LogP contribution in [0.25, 0.3) is 0 Å². The van der Waals surface area contributed by atoms with Crippen molar-refractivity contribution in [3.8, 4) is 11.5 Å². The van der Waals surface area contributed by atoms with Gasteiger partial charge < -0.3 is 14.8 Å². The molecule has 0 amide bonds. The van der Waals surface area contributed by atoms with Crippen molar-refractivity contribution >= 4 is 15.9 Å². The molecule has 0 bridgehead atoms. The molecule has 4 nitrogen and oxygen atoms in total. The molecule has 0 aliphatic rings. The van der Waals surface area contributed by atoms with Crippen molar-refractivity contribution in [1.29, 1.82) is 0 Å². The van der Waals surface area contributed by atoms with E-state index >= 15 is 0 Å². The number of ether oxygens (including phenoxy) is 3. The van der Waals surface area contributed by atoms with Crippen LogP contribution in [0.5, 0.6) is 11.5 Å². The molecule has 0 atom stereocenters. The summed E-state index contributed by atoms with van der Waals surface area (Å²) < 4.78 is 50.3. The van der Waals surface area contributed by atoms with Gasteiger partial charge in [0.25, 0.3) is 0 Å². The SMILES string of the molecule is CCNCc1cc(Br)c(OCCOC(F)(F)F)c(OC)c1. The topological polar surface area (TPSA) is 39.7 Å². The smallest absolute Gasteiger partial charge is 0.493 e. The maximum atomic E-state index is 11.9. The van der Waals surface area contributed by atoms with Crippen LogP contribution in [0.3, 0.4) is 0 Å². The second kappa shape index (κ2) is 8.45. The van der Waals surface area contributed by atoms with Crippen molar-refractivity contribution in [2.75, 3.05) is 26.9 Å². The Kier molecular flexibility index (Phi) is 7.27. The minimum absolute atomic E-state index is 0.235. The lowest BCUT2D eigenvalue weighted by Crippen LogP contribution is -2.18. The van der Waals surface area contributed by atoms with Gasteiger partial charge in [-0.15, -0.1) is 13.2 Å². The lowest BCUT2D eigenvalue weighted by Gasteiger charge is -2.15. The van der Waals surface area contributed by atoms with E-state index in [1.807, 2.05) is 13.0 Å². The number of benzene rings is 1. The molecule has 1 aromatic rings. The maximum absolute atomic E-state index is 11.9. The van der Waals surface area contributed by atoms with Crippen molar-refractivity contribution in [2.45, 2.75) is 19.8 Å². The van der Waals surface area contributed by atoms with Gasteiger partial charge in [0, 0.05) is 6.54 Å². The summed E-state index contributed by atoms with van der Waals surface area (Å²) in [6.07, 6.45) is -4.65. The molecule has 0 saturated heterocycles. The third-order valence-corrected chi connectivity index (χ3v) is 3.05. The van der Waals surface area contributed by atoms with E-state index in [1.54, 1.807) is 6.07 Å². The van der Waals surface area contributed by atoms with Gasteiger partial charge in [-0.05, 0) is 40.2 Å². The standard InChI is InChI=1S/C13H17BrF3NO3/c1-3-18-8-9-6-10(14)12(11(7-9)19-2)20-4-5-21-13(15,16)17/h6-7,18H,3-5,8H2,1-2H3. The van der Waals surface area contributed by atoms with E-state index in [2.05, 4.69) is 26.0 Å². The minimum Gasteiger partial charge on any atom is -0.493 e. The average molecular weight is 372 g/mol. The van der Waals surface area contributed by atoms with Gasteiger partial charge >= 0.3 is 6.36 Å². The molecule has 0 aliphatic carbocycles. The van der Waals surface area contributed by atoms with Crippen molar-refractivity contribution in [2.24, 2.45) is 0 Å². The van der Waals surface area contributed by atoms with Crippen molar-refractivity contribution < 1.29 is 27.4 Å². The van der Waals surface area contributed by atoms with Crippen LogP contribution < -0.4 is 14.8 Å². The van der Waals surface area contributed by atoms with E-state index in [9.17, 15) is 13.2 Å². The quantitative estimate of drug-likeness (QED) is 0.710. The average Bonchev–Trinajstić information content (AvgIpc) is 2.41. The molecular weight excluding hydrogens is 355 g/mol. The number of methoxy groups -OCH3 is 1. The lowest BCUT2D eigenvalue weighted by molar-refractivity contribution is -0.325. The molecule has 0 aromatic heterocycles. The zero-order valence-corrected chi connectivity index (χ0v) is 13.3. The molecule has 0 unspecified atom stereocenters. The molecule has 1 aromatic carbocycles. The van der Waals surface area contributed by atoms with Crippen LogP contribution in [0, 0.1) is 0 Å². The van der Waals surface area contributed by atoms with Gasteiger partial charge in [0.2, 0.25) is 0 Å². The summed E-state index contributed by atoms with van der Waals surface area (Å²) in [5.74, 6) is 0.799. The molecule has 1 rings (SSSR count). The minimum atomic E-state index is -4.65. The molecule has 0 radical (unpaired) electrons. The highest BCUT2D eigenvalue weighted by molar-refractivity contribution is 9.10. The summed E-state index contributed by atoms with van der Waals surface area (Å²) in [4.78, 5) is 0. The Labute approximate surface area is 129 Å². The van der Waals surface area contributed by atoms with Gasteiger partial charge in [-0.1, -0.05) is 6.92 Å². The lowest BCUT2D eigenvalue weighted by atomic mass is 10.2. The summed E-state index contributed by atoms with van der Waals surface area (Å²) in [6.45, 7) is 2.65. The van der Waals surface area contributed by atoms with Crippen molar-refractivity contribution in [1.82, 2.24) is 5.32 Å². The Bertz CT molecular complexity index is 455. The first-order chi connectivity index (χ1) is 9.87. The van der Waals surface area contributed by atoms with Crippen LogP contribution in [0.1, 0.15) is 12.5 Å². The zero-order chi connectivity index (χ0) is 15.9. The third-order valence-electron chi connectivity index (χ3n) is 2.46. The summed E-state index contributed by atoms with van der Waals surface area (Å²) in [5.41, 5.74) is 0.972. The molecule has 0 saturated carbocycles. The fourth-order valence-electron chi connectivity index (χ4n) is 1.59. The van der Waals surface area contributed by atoms with Crippen LogP contribution >= 0.6 is 15.9 Å². The highest BCUT2D eigenvalue weighted by Crippen LogP contribution is 2.36. The van der Waals surface area contributed by atoms with Crippen LogP contribution in [-0.4, -0.2) is 33.2 Å². The van der Waals surface area contributed by atoms with E-state index in [0.717, 1.165) is 12.1 Å². The Morgan fingerprint density at radius 1 is 1.24 bits per heavy atom. The Hall–Kier alpha value is -0.990. The van der Waals surface area contributed by atoms with E-state index in [1.165, 1.54) is 7.11 Å². The molecule has 21 heavy (non-hydrogen) atoms. The van der Waals surface area contributed by atoms with Crippen LogP contribution in [-0.2, 0) is 11.3 Å². The molecule has 8 heteroatoms. The third kappa shape index (κ3) is 6.54. The number of halogens is 4. The van der Waals surface area contributed by atoms with Gasteiger partial charge in [-0.25, -0.2) is 0 Å². The normalized spacial score (nSPS) is 11.5. The summed E-state index contributed by atoms with van der Waals surface area (Å²) in [6, 6.07) is 3.60. The van der Waals surface area contributed by atoms with E-state index in [-0.39, 0.29) is 6.61 Å². The Morgan fingerprint density at radius 2 is 1.95 bits per heavy atom. The molecule has 120 valence electrons. The highest BCUT2D eigenvalue weighted by atomic mass is 79.9. The molecule has 0 heterocycles. The first-order valence-corrected chi connectivity index (χ1v) is 7.07. The molecule has 0 spiro atoms. The highest BCUT2D eigenvalue weighted by Gasteiger charge is 2.28. The van der Waals surface area contributed by atoms with E-state index in [0.29, 0.717) is 22.5 Å². The molecule has 1 N–H and O–H groups in total. The number of hydrogen-bond acceptors (Lipinski definition) is 4. The first kappa shape index (κ1) is 18.1. The van der Waals surface area contributed by atoms with Gasteiger partial charge in [0.05, 0.1) is 18.2 Å². The summed E-state index contributed by atoms with van der Waals surface area (Å²) >= 11 is 3.33. The molecule has 0 aliphatic heterocycles. The number of alkyl halides is 3.